The second-order valence-corrected chi connectivity index (χ2v) is 8.10. The van der Waals surface area contributed by atoms with Gasteiger partial charge in [0.2, 0.25) is 0 Å². The first-order valence-corrected chi connectivity index (χ1v) is 10.5. The first-order valence-electron chi connectivity index (χ1n) is 10.5. The molecule has 1 aromatic carbocycles. The third kappa shape index (κ3) is 3.32. The van der Waals surface area contributed by atoms with E-state index in [-0.39, 0.29) is 11.9 Å². The first-order chi connectivity index (χ1) is 15.2. The van der Waals surface area contributed by atoms with Crippen molar-refractivity contribution in [1.29, 1.82) is 5.26 Å². The van der Waals surface area contributed by atoms with Gasteiger partial charge in [0, 0.05) is 31.4 Å². The highest BCUT2D eigenvalue weighted by Gasteiger charge is 2.41. The van der Waals surface area contributed by atoms with Crippen LogP contribution in [0.5, 0.6) is 0 Å². The van der Waals surface area contributed by atoms with Crippen molar-refractivity contribution in [2.45, 2.75) is 25.8 Å². The fourth-order valence-corrected chi connectivity index (χ4v) is 4.86. The van der Waals surface area contributed by atoms with Gasteiger partial charge in [-0.2, -0.15) is 20.3 Å². The number of amides is 1. The zero-order valence-electron chi connectivity index (χ0n) is 17.3. The molecule has 4 heterocycles. The number of fused-ring (bicyclic) bond motifs is 1. The fourth-order valence-electron chi connectivity index (χ4n) is 4.86. The standard InChI is InChI=1S/C23H23N7O/c1-16-18(14-24)6-9-25-22(16)29-13-8-17-7-12-28(15-21(17)29)23(31)19-4-2-3-5-20(19)30-26-10-11-27-30/h2-6,9-11,17,21H,7-8,12-13,15H2,1H3. The highest BCUT2D eigenvalue weighted by molar-refractivity contribution is 5.97. The molecule has 156 valence electrons. The summed E-state index contributed by atoms with van der Waals surface area (Å²) in [7, 11) is 0. The number of piperidine rings is 1. The SMILES string of the molecule is Cc1c(C#N)ccnc1N1CCC2CCN(C(=O)c3ccccc3-n3nccn3)CC21. The third-order valence-corrected chi connectivity index (χ3v) is 6.49. The molecule has 0 aliphatic carbocycles. The van der Waals surface area contributed by atoms with Crippen molar-refractivity contribution in [2.75, 3.05) is 24.5 Å². The summed E-state index contributed by atoms with van der Waals surface area (Å²) in [6.07, 6.45) is 6.96. The van der Waals surface area contributed by atoms with Gasteiger partial charge in [0.1, 0.15) is 5.82 Å². The van der Waals surface area contributed by atoms with Crippen LogP contribution in [0.4, 0.5) is 5.82 Å². The van der Waals surface area contributed by atoms with Gasteiger partial charge in [0.05, 0.1) is 41.3 Å². The fraction of sp³-hybridized carbons (Fsp3) is 0.348. The van der Waals surface area contributed by atoms with Gasteiger partial charge in [0.25, 0.3) is 5.91 Å². The summed E-state index contributed by atoms with van der Waals surface area (Å²) in [5.74, 6) is 1.38. The van der Waals surface area contributed by atoms with E-state index in [2.05, 4.69) is 26.2 Å². The van der Waals surface area contributed by atoms with E-state index in [0.29, 0.717) is 29.3 Å². The van der Waals surface area contributed by atoms with Crippen LogP contribution in [0, 0.1) is 24.2 Å². The molecule has 2 unspecified atom stereocenters. The molecular formula is C23H23N7O. The van der Waals surface area contributed by atoms with Gasteiger partial charge in [0.15, 0.2) is 0 Å². The molecule has 1 amide bonds. The molecule has 8 heteroatoms. The molecule has 2 aliphatic rings. The van der Waals surface area contributed by atoms with Gasteiger partial charge in [-0.3, -0.25) is 4.79 Å². The number of para-hydroxylation sites is 1. The monoisotopic (exact) mass is 413 g/mol. The highest BCUT2D eigenvalue weighted by atomic mass is 16.2. The molecule has 0 radical (unpaired) electrons. The summed E-state index contributed by atoms with van der Waals surface area (Å²) in [5.41, 5.74) is 2.84. The molecule has 2 aliphatic heterocycles. The Morgan fingerprint density at radius 1 is 1.10 bits per heavy atom. The average Bonchev–Trinajstić information content (AvgIpc) is 3.49. The molecular weight excluding hydrogens is 390 g/mol. The Kier molecular flexibility index (Phi) is 4.86. The normalized spacial score (nSPS) is 20.4. The molecule has 0 saturated carbocycles. The van der Waals surface area contributed by atoms with Crippen molar-refractivity contribution in [1.82, 2.24) is 24.9 Å². The van der Waals surface area contributed by atoms with E-state index >= 15 is 0 Å². The Bertz CT molecular complexity index is 1150. The van der Waals surface area contributed by atoms with Crippen LogP contribution in [-0.2, 0) is 0 Å². The molecule has 2 aromatic heterocycles. The Labute approximate surface area is 180 Å². The zero-order valence-corrected chi connectivity index (χ0v) is 17.3. The molecule has 0 spiro atoms. The van der Waals surface area contributed by atoms with Crippen LogP contribution in [0.25, 0.3) is 5.69 Å². The van der Waals surface area contributed by atoms with Crippen molar-refractivity contribution in [3.05, 3.63) is 65.6 Å². The smallest absolute Gasteiger partial charge is 0.256 e. The minimum atomic E-state index is -0.00587. The number of hydrogen-bond acceptors (Lipinski definition) is 6. The van der Waals surface area contributed by atoms with Crippen LogP contribution in [0.1, 0.15) is 34.3 Å². The molecule has 2 fully saturated rings. The number of anilines is 1. The third-order valence-electron chi connectivity index (χ3n) is 6.49. The number of rotatable bonds is 3. The van der Waals surface area contributed by atoms with Crippen LogP contribution < -0.4 is 4.90 Å². The average molecular weight is 413 g/mol. The Morgan fingerprint density at radius 3 is 2.68 bits per heavy atom. The van der Waals surface area contributed by atoms with Crippen LogP contribution in [0.15, 0.2) is 48.9 Å². The summed E-state index contributed by atoms with van der Waals surface area (Å²) in [6, 6.07) is 11.7. The number of nitriles is 1. The largest absolute Gasteiger partial charge is 0.351 e. The van der Waals surface area contributed by atoms with Crippen LogP contribution in [-0.4, -0.2) is 56.5 Å². The molecule has 31 heavy (non-hydrogen) atoms. The van der Waals surface area contributed by atoms with Gasteiger partial charge in [-0.1, -0.05) is 12.1 Å². The van der Waals surface area contributed by atoms with Crippen LogP contribution in [0.2, 0.25) is 0 Å². The maximum atomic E-state index is 13.5. The number of hydrogen-bond donors (Lipinski definition) is 0. The van der Waals surface area contributed by atoms with Crippen molar-refractivity contribution in [3.63, 3.8) is 0 Å². The summed E-state index contributed by atoms with van der Waals surface area (Å²) >= 11 is 0. The maximum Gasteiger partial charge on any atom is 0.256 e. The summed E-state index contributed by atoms with van der Waals surface area (Å²) in [6.45, 7) is 4.22. The van der Waals surface area contributed by atoms with E-state index in [1.807, 2.05) is 36.1 Å². The van der Waals surface area contributed by atoms with E-state index in [9.17, 15) is 10.1 Å². The Morgan fingerprint density at radius 2 is 1.87 bits per heavy atom. The molecule has 5 rings (SSSR count). The van der Waals surface area contributed by atoms with Gasteiger partial charge in [-0.15, -0.1) is 0 Å². The van der Waals surface area contributed by atoms with E-state index in [1.54, 1.807) is 24.7 Å². The lowest BCUT2D eigenvalue weighted by atomic mass is 9.91. The lowest BCUT2D eigenvalue weighted by Crippen LogP contribution is -2.50. The van der Waals surface area contributed by atoms with Crippen molar-refractivity contribution in [3.8, 4) is 11.8 Å². The number of carbonyl (C=O) groups is 1. The summed E-state index contributed by atoms with van der Waals surface area (Å²) in [5, 5.41) is 17.8. The van der Waals surface area contributed by atoms with Gasteiger partial charge >= 0.3 is 0 Å². The number of aromatic nitrogens is 4. The topological polar surface area (TPSA) is 90.9 Å². The first kappa shape index (κ1) is 19.2. The van der Waals surface area contributed by atoms with E-state index in [4.69, 9.17) is 0 Å². The van der Waals surface area contributed by atoms with E-state index in [0.717, 1.165) is 37.3 Å². The minimum absolute atomic E-state index is 0.00587. The maximum absolute atomic E-state index is 13.5. The van der Waals surface area contributed by atoms with Gasteiger partial charge in [-0.05, 0) is 43.9 Å². The van der Waals surface area contributed by atoms with Crippen LogP contribution >= 0.6 is 0 Å². The molecule has 2 saturated heterocycles. The minimum Gasteiger partial charge on any atom is -0.351 e. The molecule has 2 atom stereocenters. The summed E-state index contributed by atoms with van der Waals surface area (Å²) in [4.78, 5) is 23.8. The van der Waals surface area contributed by atoms with Crippen molar-refractivity contribution < 1.29 is 4.79 Å². The summed E-state index contributed by atoms with van der Waals surface area (Å²) < 4.78 is 0. The second-order valence-electron chi connectivity index (χ2n) is 8.10. The number of benzene rings is 1. The zero-order chi connectivity index (χ0) is 21.4. The number of pyridine rings is 1. The Hall–Kier alpha value is -3.73. The predicted octanol–water partition coefficient (Wildman–Crippen LogP) is 2.58. The predicted molar refractivity (Wildman–Crippen MR) is 115 cm³/mol. The van der Waals surface area contributed by atoms with Gasteiger partial charge < -0.3 is 9.80 Å². The second kappa shape index (κ2) is 7.84. The quantitative estimate of drug-likeness (QED) is 0.655. The number of carbonyl (C=O) groups excluding carboxylic acids is 1. The van der Waals surface area contributed by atoms with E-state index in [1.165, 1.54) is 4.80 Å². The van der Waals surface area contributed by atoms with Crippen LogP contribution in [0.3, 0.4) is 0 Å². The van der Waals surface area contributed by atoms with Crippen molar-refractivity contribution in [2.24, 2.45) is 5.92 Å². The van der Waals surface area contributed by atoms with Crippen molar-refractivity contribution >= 4 is 11.7 Å². The Balaban J connectivity index is 1.42. The molecule has 0 N–H and O–H groups in total. The molecule has 8 nitrogen and oxygen atoms in total. The lowest BCUT2D eigenvalue weighted by Gasteiger charge is -2.39. The molecule has 3 aromatic rings. The number of likely N-dealkylation sites (tertiary alicyclic amines) is 1. The highest BCUT2D eigenvalue weighted by Crippen LogP contribution is 2.36. The van der Waals surface area contributed by atoms with Gasteiger partial charge in [-0.25, -0.2) is 4.98 Å². The molecule has 0 bridgehead atoms. The van der Waals surface area contributed by atoms with E-state index < -0.39 is 0 Å². The number of nitrogens with zero attached hydrogens (tertiary/aromatic N) is 7. The lowest BCUT2D eigenvalue weighted by molar-refractivity contribution is 0.0678.